The molecule has 1 saturated heterocycles. The van der Waals surface area contributed by atoms with Crippen molar-refractivity contribution in [1.29, 1.82) is 0 Å². The molecule has 0 saturated carbocycles. The van der Waals surface area contributed by atoms with E-state index < -0.39 is 0 Å². The van der Waals surface area contributed by atoms with E-state index in [9.17, 15) is 9.59 Å². The van der Waals surface area contributed by atoms with Gasteiger partial charge in [-0.05, 0) is 71.9 Å². The van der Waals surface area contributed by atoms with E-state index in [2.05, 4.69) is 25.7 Å². The number of nitrogens with one attached hydrogen (secondary N) is 3. The number of aryl methyl sites for hydroxylation is 1. The number of hydrogen-bond acceptors (Lipinski definition) is 4. The van der Waals surface area contributed by atoms with Gasteiger partial charge in [-0.2, -0.15) is 5.10 Å². The largest absolute Gasteiger partial charge is 0.350 e. The number of amides is 2. The van der Waals surface area contributed by atoms with Crippen molar-refractivity contribution in [1.82, 2.24) is 25.7 Å². The maximum atomic E-state index is 12.4. The number of nitrogens with zero attached hydrogens (tertiary/aromatic N) is 2. The summed E-state index contributed by atoms with van der Waals surface area (Å²) in [4.78, 5) is 26.6. The van der Waals surface area contributed by atoms with Crippen LogP contribution >= 0.6 is 0 Å². The van der Waals surface area contributed by atoms with Gasteiger partial charge in [0.1, 0.15) is 0 Å². The van der Waals surface area contributed by atoms with E-state index in [4.69, 9.17) is 0 Å². The van der Waals surface area contributed by atoms with Crippen LogP contribution in [0.4, 0.5) is 0 Å². The molecule has 1 aliphatic carbocycles. The third-order valence-corrected chi connectivity index (χ3v) is 5.16. The quantitative estimate of drug-likeness (QED) is 0.736. The predicted octanol–water partition coefficient (Wildman–Crippen LogP) is 1.25. The Morgan fingerprint density at radius 1 is 1.23 bits per heavy atom. The molecule has 3 rings (SSSR count). The standard InChI is InChI=1S/C19H31N5O2/c1-19(2,3)21-16(25)12-24-9-7-13(8-10-24)11-20-18(26)17-14-5-4-6-15(14)22-23-17/h13H,4-12H2,1-3H3,(H,20,26)(H,21,25)(H,22,23). The third-order valence-electron chi connectivity index (χ3n) is 5.16. The Kier molecular flexibility index (Phi) is 5.65. The number of piperidine rings is 1. The molecule has 2 amide bonds. The molecule has 1 aromatic rings. The maximum absolute atomic E-state index is 12.4. The molecule has 3 N–H and O–H groups in total. The van der Waals surface area contributed by atoms with Crippen molar-refractivity contribution < 1.29 is 9.59 Å². The lowest BCUT2D eigenvalue weighted by atomic mass is 9.96. The highest BCUT2D eigenvalue weighted by molar-refractivity contribution is 5.94. The predicted molar refractivity (Wildman–Crippen MR) is 100 cm³/mol. The van der Waals surface area contributed by atoms with Crippen molar-refractivity contribution in [2.45, 2.75) is 58.4 Å². The van der Waals surface area contributed by atoms with Gasteiger partial charge < -0.3 is 10.6 Å². The van der Waals surface area contributed by atoms with E-state index in [0.717, 1.165) is 56.5 Å². The zero-order valence-electron chi connectivity index (χ0n) is 16.2. The Labute approximate surface area is 155 Å². The van der Waals surface area contributed by atoms with Crippen molar-refractivity contribution in [3.63, 3.8) is 0 Å². The lowest BCUT2D eigenvalue weighted by molar-refractivity contribution is -0.124. The van der Waals surface area contributed by atoms with E-state index in [1.165, 1.54) is 0 Å². The van der Waals surface area contributed by atoms with Crippen molar-refractivity contribution >= 4 is 11.8 Å². The fraction of sp³-hybridized carbons (Fsp3) is 0.737. The molecule has 7 heteroatoms. The topological polar surface area (TPSA) is 90.1 Å². The summed E-state index contributed by atoms with van der Waals surface area (Å²) in [6, 6.07) is 0. The maximum Gasteiger partial charge on any atom is 0.272 e. The van der Waals surface area contributed by atoms with Crippen LogP contribution < -0.4 is 10.6 Å². The van der Waals surface area contributed by atoms with Crippen molar-refractivity contribution in [3.05, 3.63) is 17.0 Å². The summed E-state index contributed by atoms with van der Waals surface area (Å²) in [5, 5.41) is 13.2. The van der Waals surface area contributed by atoms with Gasteiger partial charge in [-0.25, -0.2) is 0 Å². The normalized spacial score (nSPS) is 18.6. The first kappa shape index (κ1) is 18.9. The van der Waals surface area contributed by atoms with Crippen LogP contribution in [-0.2, 0) is 17.6 Å². The molecule has 2 heterocycles. The molecule has 7 nitrogen and oxygen atoms in total. The summed E-state index contributed by atoms with van der Waals surface area (Å²) in [5.74, 6) is 0.487. The minimum Gasteiger partial charge on any atom is -0.350 e. The fourth-order valence-corrected chi connectivity index (χ4v) is 3.84. The number of carbonyl (C=O) groups excluding carboxylic acids is 2. The molecule has 2 aliphatic rings. The number of carbonyl (C=O) groups is 2. The molecule has 1 fully saturated rings. The second-order valence-electron chi connectivity index (χ2n) is 8.61. The van der Waals surface area contributed by atoms with E-state index in [1.807, 2.05) is 20.8 Å². The highest BCUT2D eigenvalue weighted by Crippen LogP contribution is 2.23. The lowest BCUT2D eigenvalue weighted by Crippen LogP contribution is -2.48. The van der Waals surface area contributed by atoms with Gasteiger partial charge in [0.15, 0.2) is 5.69 Å². The van der Waals surface area contributed by atoms with Gasteiger partial charge in [0.05, 0.1) is 6.54 Å². The van der Waals surface area contributed by atoms with Gasteiger partial charge in [0, 0.05) is 23.3 Å². The Hall–Kier alpha value is -1.89. The van der Waals surface area contributed by atoms with Crippen LogP contribution in [0.3, 0.4) is 0 Å². The summed E-state index contributed by atoms with van der Waals surface area (Å²) in [6.45, 7) is 8.92. The molecular weight excluding hydrogens is 330 g/mol. The average molecular weight is 361 g/mol. The molecule has 1 aliphatic heterocycles. The van der Waals surface area contributed by atoms with E-state index in [1.54, 1.807) is 0 Å². The zero-order chi connectivity index (χ0) is 18.7. The number of fused-ring (bicyclic) bond motifs is 1. The molecule has 1 aromatic heterocycles. The Morgan fingerprint density at radius 2 is 1.96 bits per heavy atom. The van der Waals surface area contributed by atoms with Crippen LogP contribution in [0.1, 0.15) is 61.8 Å². The number of aromatic nitrogens is 2. The number of aromatic amines is 1. The second kappa shape index (κ2) is 7.78. The highest BCUT2D eigenvalue weighted by Gasteiger charge is 2.25. The number of H-pyrrole nitrogens is 1. The summed E-state index contributed by atoms with van der Waals surface area (Å²) < 4.78 is 0. The van der Waals surface area contributed by atoms with Gasteiger partial charge in [-0.1, -0.05) is 0 Å². The summed E-state index contributed by atoms with van der Waals surface area (Å²) in [7, 11) is 0. The molecule has 144 valence electrons. The summed E-state index contributed by atoms with van der Waals surface area (Å²) >= 11 is 0. The van der Waals surface area contributed by atoms with Gasteiger partial charge >= 0.3 is 0 Å². The van der Waals surface area contributed by atoms with Gasteiger partial charge in [-0.3, -0.25) is 19.6 Å². The Balaban J connectivity index is 1.39. The monoisotopic (exact) mass is 361 g/mol. The van der Waals surface area contributed by atoms with E-state index >= 15 is 0 Å². The molecule has 0 unspecified atom stereocenters. The highest BCUT2D eigenvalue weighted by atomic mass is 16.2. The Morgan fingerprint density at radius 3 is 2.65 bits per heavy atom. The molecule has 0 atom stereocenters. The lowest BCUT2D eigenvalue weighted by Gasteiger charge is -2.32. The van der Waals surface area contributed by atoms with Crippen molar-refractivity contribution in [2.24, 2.45) is 5.92 Å². The molecule has 0 aromatic carbocycles. The van der Waals surface area contributed by atoms with E-state index in [-0.39, 0.29) is 17.4 Å². The van der Waals surface area contributed by atoms with Gasteiger partial charge in [0.25, 0.3) is 5.91 Å². The minimum atomic E-state index is -0.188. The van der Waals surface area contributed by atoms with Crippen LogP contribution in [-0.4, -0.2) is 58.6 Å². The molecule has 0 radical (unpaired) electrons. The number of hydrogen-bond donors (Lipinski definition) is 3. The first-order valence-electron chi connectivity index (χ1n) is 9.69. The van der Waals surface area contributed by atoms with Crippen LogP contribution in [0.5, 0.6) is 0 Å². The Bertz CT molecular complexity index is 653. The third kappa shape index (κ3) is 4.84. The average Bonchev–Trinajstić information content (AvgIpc) is 3.15. The van der Waals surface area contributed by atoms with Crippen molar-refractivity contribution in [3.8, 4) is 0 Å². The van der Waals surface area contributed by atoms with Crippen LogP contribution in [0.25, 0.3) is 0 Å². The zero-order valence-corrected chi connectivity index (χ0v) is 16.2. The van der Waals surface area contributed by atoms with Gasteiger partial charge in [-0.15, -0.1) is 0 Å². The first-order chi connectivity index (χ1) is 12.3. The number of rotatable bonds is 5. The fourth-order valence-electron chi connectivity index (χ4n) is 3.84. The van der Waals surface area contributed by atoms with Crippen molar-refractivity contribution in [2.75, 3.05) is 26.2 Å². The number of likely N-dealkylation sites (tertiary alicyclic amines) is 1. The van der Waals surface area contributed by atoms with Crippen LogP contribution in [0.15, 0.2) is 0 Å². The molecule has 0 bridgehead atoms. The van der Waals surface area contributed by atoms with E-state index in [0.29, 0.717) is 24.7 Å². The SMILES string of the molecule is CC(C)(C)NC(=O)CN1CCC(CNC(=O)c2n[nH]c3c2CCC3)CC1. The second-order valence-corrected chi connectivity index (χ2v) is 8.61. The molecular formula is C19H31N5O2. The van der Waals surface area contributed by atoms with Crippen LogP contribution in [0.2, 0.25) is 0 Å². The molecule has 0 spiro atoms. The van der Waals surface area contributed by atoms with Gasteiger partial charge in [0.2, 0.25) is 5.91 Å². The summed E-state index contributed by atoms with van der Waals surface area (Å²) in [5.41, 5.74) is 2.61. The first-order valence-corrected chi connectivity index (χ1v) is 9.69. The smallest absolute Gasteiger partial charge is 0.272 e. The molecule has 26 heavy (non-hydrogen) atoms. The summed E-state index contributed by atoms with van der Waals surface area (Å²) in [6.07, 6.45) is 5.05. The van der Waals surface area contributed by atoms with Crippen LogP contribution in [0, 0.1) is 5.92 Å². The minimum absolute atomic E-state index is 0.0589.